The molecule has 0 aliphatic carbocycles. The molecule has 1 amide bonds. The van der Waals surface area contributed by atoms with Gasteiger partial charge in [0, 0.05) is 24.1 Å². The van der Waals surface area contributed by atoms with Crippen molar-refractivity contribution < 1.29 is 13.9 Å². The predicted octanol–water partition coefficient (Wildman–Crippen LogP) is 5.14. The summed E-state index contributed by atoms with van der Waals surface area (Å²) in [7, 11) is 1.64. The molecule has 134 valence electrons. The van der Waals surface area contributed by atoms with E-state index in [1.54, 1.807) is 7.11 Å². The van der Waals surface area contributed by atoms with Gasteiger partial charge >= 0.3 is 0 Å². The Kier molecular flexibility index (Phi) is 5.42. The van der Waals surface area contributed by atoms with E-state index in [-0.39, 0.29) is 5.91 Å². The number of carbonyl (C=O) groups is 1. The van der Waals surface area contributed by atoms with Crippen LogP contribution < -0.4 is 10.1 Å². The number of ether oxygens (including phenoxy) is 1. The molecule has 0 saturated heterocycles. The molecule has 0 aliphatic heterocycles. The Bertz CT molecular complexity index is 874. The molecule has 26 heavy (non-hydrogen) atoms. The van der Waals surface area contributed by atoms with Gasteiger partial charge in [-0.3, -0.25) is 4.79 Å². The van der Waals surface area contributed by atoms with Crippen LogP contribution in [0, 0.1) is 13.8 Å². The lowest BCUT2D eigenvalue weighted by Crippen LogP contribution is -2.12. The molecule has 0 fully saturated rings. The van der Waals surface area contributed by atoms with Crippen molar-refractivity contribution >= 4 is 11.6 Å². The van der Waals surface area contributed by atoms with Crippen molar-refractivity contribution in [1.29, 1.82) is 0 Å². The van der Waals surface area contributed by atoms with E-state index in [9.17, 15) is 4.79 Å². The van der Waals surface area contributed by atoms with Crippen LogP contribution in [0.1, 0.15) is 23.3 Å². The van der Waals surface area contributed by atoms with Gasteiger partial charge in [0.2, 0.25) is 5.91 Å². The van der Waals surface area contributed by atoms with Gasteiger partial charge in [-0.1, -0.05) is 6.07 Å². The van der Waals surface area contributed by atoms with Crippen molar-refractivity contribution in [3.05, 3.63) is 71.5 Å². The molecule has 0 aliphatic rings. The normalized spacial score (nSPS) is 10.6. The van der Waals surface area contributed by atoms with Crippen LogP contribution in [0.3, 0.4) is 0 Å². The van der Waals surface area contributed by atoms with Crippen LogP contribution in [-0.4, -0.2) is 13.0 Å². The number of aryl methyl sites for hydroxylation is 3. The third kappa shape index (κ3) is 4.54. The smallest absolute Gasteiger partial charge is 0.224 e. The quantitative estimate of drug-likeness (QED) is 0.670. The molecule has 4 nitrogen and oxygen atoms in total. The number of amides is 1. The fourth-order valence-corrected chi connectivity index (χ4v) is 2.93. The van der Waals surface area contributed by atoms with E-state index in [0.717, 1.165) is 39.6 Å². The molecule has 4 heteroatoms. The molecule has 2 aromatic carbocycles. The second-order valence-corrected chi connectivity index (χ2v) is 6.42. The second kappa shape index (κ2) is 7.91. The first-order valence-electron chi connectivity index (χ1n) is 8.65. The SMILES string of the molecule is COc1ccc(-c2ccc(CCC(=O)Nc3cc(C)cc(C)c3)o2)cc1. The molecule has 0 bridgehead atoms. The average Bonchev–Trinajstić information content (AvgIpc) is 3.08. The maximum Gasteiger partial charge on any atom is 0.224 e. The summed E-state index contributed by atoms with van der Waals surface area (Å²) >= 11 is 0. The highest BCUT2D eigenvalue weighted by molar-refractivity contribution is 5.91. The highest BCUT2D eigenvalue weighted by atomic mass is 16.5. The van der Waals surface area contributed by atoms with Gasteiger partial charge in [0.15, 0.2) is 0 Å². The minimum absolute atomic E-state index is 0.0163. The van der Waals surface area contributed by atoms with E-state index in [1.165, 1.54) is 0 Å². The number of rotatable bonds is 6. The molecule has 0 unspecified atom stereocenters. The monoisotopic (exact) mass is 349 g/mol. The molecule has 3 rings (SSSR count). The Labute approximate surface area is 153 Å². The molecule has 0 spiro atoms. The van der Waals surface area contributed by atoms with Gasteiger partial charge in [0.1, 0.15) is 17.3 Å². The fraction of sp³-hybridized carbons (Fsp3) is 0.227. The highest BCUT2D eigenvalue weighted by Crippen LogP contribution is 2.25. The molecule has 0 saturated carbocycles. The van der Waals surface area contributed by atoms with Crippen LogP contribution in [0.5, 0.6) is 5.75 Å². The maximum atomic E-state index is 12.2. The van der Waals surface area contributed by atoms with E-state index in [2.05, 4.69) is 11.4 Å². The summed E-state index contributed by atoms with van der Waals surface area (Å²) in [5.41, 5.74) is 4.09. The topological polar surface area (TPSA) is 51.5 Å². The lowest BCUT2D eigenvalue weighted by Gasteiger charge is -2.07. The zero-order valence-electron chi connectivity index (χ0n) is 15.3. The van der Waals surface area contributed by atoms with Crippen LogP contribution >= 0.6 is 0 Å². The minimum atomic E-state index is -0.0163. The van der Waals surface area contributed by atoms with Crippen LogP contribution in [0.4, 0.5) is 5.69 Å². The molecule has 0 radical (unpaired) electrons. The second-order valence-electron chi connectivity index (χ2n) is 6.42. The van der Waals surface area contributed by atoms with Gasteiger partial charge in [-0.15, -0.1) is 0 Å². The van der Waals surface area contributed by atoms with E-state index < -0.39 is 0 Å². The zero-order valence-corrected chi connectivity index (χ0v) is 15.3. The first-order chi connectivity index (χ1) is 12.5. The summed E-state index contributed by atoms with van der Waals surface area (Å²) in [6.07, 6.45) is 0.940. The summed E-state index contributed by atoms with van der Waals surface area (Å²) in [6, 6.07) is 17.6. The van der Waals surface area contributed by atoms with Crippen LogP contribution in [-0.2, 0) is 11.2 Å². The number of nitrogens with one attached hydrogen (secondary N) is 1. The fourth-order valence-electron chi connectivity index (χ4n) is 2.93. The average molecular weight is 349 g/mol. The highest BCUT2D eigenvalue weighted by Gasteiger charge is 2.09. The summed E-state index contributed by atoms with van der Waals surface area (Å²) in [5.74, 6) is 2.38. The molecule has 0 atom stereocenters. The van der Waals surface area contributed by atoms with Crippen molar-refractivity contribution in [2.75, 3.05) is 12.4 Å². The summed E-state index contributed by atoms with van der Waals surface area (Å²) in [5, 5.41) is 2.95. The predicted molar refractivity (Wildman–Crippen MR) is 104 cm³/mol. The summed E-state index contributed by atoms with van der Waals surface area (Å²) < 4.78 is 11.0. The van der Waals surface area contributed by atoms with Crippen LogP contribution in [0.2, 0.25) is 0 Å². The standard InChI is InChI=1S/C22H23NO3/c1-15-12-16(2)14-18(13-15)23-22(24)11-9-20-8-10-21(26-20)17-4-6-19(25-3)7-5-17/h4-8,10,12-14H,9,11H2,1-3H3,(H,23,24). The number of methoxy groups -OCH3 is 1. The molecular formula is C22H23NO3. The number of anilines is 1. The van der Waals surface area contributed by atoms with Gasteiger partial charge in [0.25, 0.3) is 0 Å². The Hall–Kier alpha value is -3.01. The van der Waals surface area contributed by atoms with Crippen LogP contribution in [0.15, 0.2) is 59.0 Å². The Morgan fingerprint density at radius 1 is 1.00 bits per heavy atom. The molecule has 1 heterocycles. The third-order valence-corrected chi connectivity index (χ3v) is 4.14. The van der Waals surface area contributed by atoms with Crippen molar-refractivity contribution in [2.24, 2.45) is 0 Å². The lowest BCUT2D eigenvalue weighted by molar-refractivity contribution is -0.116. The Balaban J connectivity index is 1.57. The Morgan fingerprint density at radius 2 is 1.69 bits per heavy atom. The minimum Gasteiger partial charge on any atom is -0.497 e. The Morgan fingerprint density at radius 3 is 2.35 bits per heavy atom. The number of furan rings is 1. The van der Waals surface area contributed by atoms with Crippen molar-refractivity contribution in [2.45, 2.75) is 26.7 Å². The van der Waals surface area contributed by atoms with Crippen molar-refractivity contribution in [1.82, 2.24) is 0 Å². The summed E-state index contributed by atoms with van der Waals surface area (Å²) in [4.78, 5) is 12.2. The third-order valence-electron chi connectivity index (χ3n) is 4.14. The number of hydrogen-bond acceptors (Lipinski definition) is 3. The zero-order chi connectivity index (χ0) is 18.5. The molecular weight excluding hydrogens is 326 g/mol. The van der Waals surface area contributed by atoms with Gasteiger partial charge in [-0.25, -0.2) is 0 Å². The molecule has 1 aromatic heterocycles. The number of benzene rings is 2. The van der Waals surface area contributed by atoms with E-state index in [0.29, 0.717) is 12.8 Å². The van der Waals surface area contributed by atoms with E-state index in [4.69, 9.17) is 9.15 Å². The van der Waals surface area contributed by atoms with Crippen molar-refractivity contribution in [3.8, 4) is 17.1 Å². The lowest BCUT2D eigenvalue weighted by atomic mass is 10.1. The molecule has 3 aromatic rings. The first kappa shape index (κ1) is 17.8. The first-order valence-corrected chi connectivity index (χ1v) is 8.65. The van der Waals surface area contributed by atoms with Gasteiger partial charge in [0.05, 0.1) is 7.11 Å². The number of carbonyl (C=O) groups excluding carboxylic acids is 1. The largest absolute Gasteiger partial charge is 0.497 e. The summed E-state index contributed by atoms with van der Waals surface area (Å²) in [6.45, 7) is 4.04. The van der Waals surface area contributed by atoms with E-state index >= 15 is 0 Å². The van der Waals surface area contributed by atoms with Gasteiger partial charge in [-0.05, 0) is 73.5 Å². The maximum absolute atomic E-state index is 12.2. The van der Waals surface area contributed by atoms with Crippen LogP contribution in [0.25, 0.3) is 11.3 Å². The van der Waals surface area contributed by atoms with Gasteiger partial charge < -0.3 is 14.5 Å². The van der Waals surface area contributed by atoms with Crippen molar-refractivity contribution in [3.63, 3.8) is 0 Å². The van der Waals surface area contributed by atoms with Gasteiger partial charge in [-0.2, -0.15) is 0 Å². The molecule has 1 N–H and O–H groups in total. The number of hydrogen-bond donors (Lipinski definition) is 1. The van der Waals surface area contributed by atoms with E-state index in [1.807, 2.05) is 62.4 Å².